The van der Waals surface area contributed by atoms with Crippen LogP contribution >= 0.6 is 0 Å². The van der Waals surface area contributed by atoms with Crippen molar-refractivity contribution in [2.45, 2.75) is 18.9 Å². The Hall–Kier alpha value is -0.960. The molecular formula is C8H12N2O. The summed E-state index contributed by atoms with van der Waals surface area (Å²) in [7, 11) is 0. The highest BCUT2D eigenvalue weighted by atomic mass is 16.3. The summed E-state index contributed by atoms with van der Waals surface area (Å²) in [4.78, 5) is 0. The van der Waals surface area contributed by atoms with Gasteiger partial charge in [-0.2, -0.15) is 0 Å². The molecule has 1 aromatic rings. The lowest BCUT2D eigenvalue weighted by atomic mass is 10.1. The first-order valence-electron chi connectivity index (χ1n) is 3.94. The first-order valence-corrected chi connectivity index (χ1v) is 3.94. The van der Waals surface area contributed by atoms with Gasteiger partial charge in [-0.1, -0.05) is 0 Å². The standard InChI is InChI=1S/C8H12N2O/c9-8-6(3-5-11-8)7-2-1-4-10-7/h3,5,7,10H,1-2,4,9H2. The van der Waals surface area contributed by atoms with Crippen molar-refractivity contribution in [3.05, 3.63) is 17.9 Å². The molecule has 0 aromatic carbocycles. The maximum Gasteiger partial charge on any atom is 0.194 e. The van der Waals surface area contributed by atoms with Gasteiger partial charge < -0.3 is 15.5 Å². The third-order valence-corrected chi connectivity index (χ3v) is 2.16. The SMILES string of the molecule is Nc1occc1C1CCCN1. The minimum atomic E-state index is 0.425. The number of furan rings is 1. The summed E-state index contributed by atoms with van der Waals surface area (Å²) in [5, 5.41) is 3.36. The molecule has 1 atom stereocenters. The molecule has 1 aliphatic heterocycles. The fourth-order valence-electron chi connectivity index (χ4n) is 1.57. The quantitative estimate of drug-likeness (QED) is 0.637. The molecule has 0 aliphatic carbocycles. The largest absolute Gasteiger partial charge is 0.449 e. The Kier molecular flexibility index (Phi) is 1.58. The van der Waals surface area contributed by atoms with Crippen LogP contribution in [0.5, 0.6) is 0 Å². The molecule has 3 N–H and O–H groups in total. The summed E-state index contributed by atoms with van der Waals surface area (Å²) >= 11 is 0. The second-order valence-corrected chi connectivity index (χ2v) is 2.89. The molecule has 2 rings (SSSR count). The highest BCUT2D eigenvalue weighted by Gasteiger charge is 2.19. The van der Waals surface area contributed by atoms with Gasteiger partial charge >= 0.3 is 0 Å². The van der Waals surface area contributed by atoms with Crippen LogP contribution in [-0.2, 0) is 0 Å². The van der Waals surface area contributed by atoms with Crippen LogP contribution in [0.1, 0.15) is 24.4 Å². The Morgan fingerprint density at radius 1 is 1.64 bits per heavy atom. The number of hydrogen-bond acceptors (Lipinski definition) is 3. The highest BCUT2D eigenvalue weighted by Crippen LogP contribution is 2.27. The smallest absolute Gasteiger partial charge is 0.194 e. The first kappa shape index (κ1) is 6.73. The number of rotatable bonds is 1. The third-order valence-electron chi connectivity index (χ3n) is 2.16. The van der Waals surface area contributed by atoms with E-state index < -0.39 is 0 Å². The van der Waals surface area contributed by atoms with Crippen LogP contribution in [0.25, 0.3) is 0 Å². The molecule has 0 radical (unpaired) electrons. The van der Waals surface area contributed by atoms with E-state index in [0.717, 1.165) is 12.1 Å². The number of hydrogen-bond donors (Lipinski definition) is 2. The average molecular weight is 152 g/mol. The predicted octanol–water partition coefficient (Wildman–Crippen LogP) is 1.29. The lowest BCUT2D eigenvalue weighted by Crippen LogP contribution is -2.13. The Balaban J connectivity index is 2.21. The molecule has 0 saturated carbocycles. The molecule has 3 nitrogen and oxygen atoms in total. The molecule has 0 spiro atoms. The number of nitrogens with one attached hydrogen (secondary N) is 1. The van der Waals surface area contributed by atoms with Crippen molar-refractivity contribution in [2.24, 2.45) is 0 Å². The zero-order valence-electron chi connectivity index (χ0n) is 6.34. The van der Waals surface area contributed by atoms with Gasteiger partial charge in [0.2, 0.25) is 0 Å². The fourth-order valence-corrected chi connectivity index (χ4v) is 1.57. The molecule has 0 amide bonds. The van der Waals surface area contributed by atoms with E-state index in [1.54, 1.807) is 6.26 Å². The number of nitrogens with two attached hydrogens (primary N) is 1. The van der Waals surface area contributed by atoms with Gasteiger partial charge in [-0.3, -0.25) is 0 Å². The van der Waals surface area contributed by atoms with Crippen molar-refractivity contribution >= 4 is 5.88 Å². The summed E-state index contributed by atoms with van der Waals surface area (Å²) in [5.74, 6) is 0.560. The molecule has 3 heteroatoms. The Bertz CT molecular complexity index is 238. The van der Waals surface area contributed by atoms with Crippen LogP contribution in [-0.4, -0.2) is 6.54 Å². The van der Waals surface area contributed by atoms with E-state index in [0.29, 0.717) is 11.9 Å². The van der Waals surface area contributed by atoms with E-state index >= 15 is 0 Å². The zero-order chi connectivity index (χ0) is 7.68. The van der Waals surface area contributed by atoms with Gasteiger partial charge in [0.05, 0.1) is 6.26 Å². The molecule has 11 heavy (non-hydrogen) atoms. The van der Waals surface area contributed by atoms with Gasteiger partial charge in [-0.05, 0) is 25.5 Å². The molecule has 60 valence electrons. The van der Waals surface area contributed by atoms with Crippen molar-refractivity contribution in [3.8, 4) is 0 Å². The summed E-state index contributed by atoms with van der Waals surface area (Å²) in [6, 6.07) is 2.37. The lowest BCUT2D eigenvalue weighted by Gasteiger charge is -2.06. The Morgan fingerprint density at radius 3 is 3.09 bits per heavy atom. The van der Waals surface area contributed by atoms with E-state index in [4.69, 9.17) is 10.2 Å². The van der Waals surface area contributed by atoms with Crippen molar-refractivity contribution in [2.75, 3.05) is 12.3 Å². The molecule has 1 aromatic heterocycles. The van der Waals surface area contributed by atoms with Crippen molar-refractivity contribution in [1.29, 1.82) is 0 Å². The Labute approximate surface area is 65.6 Å². The van der Waals surface area contributed by atoms with Gasteiger partial charge in [-0.25, -0.2) is 0 Å². The van der Waals surface area contributed by atoms with Gasteiger partial charge in [0.1, 0.15) is 0 Å². The summed E-state index contributed by atoms with van der Waals surface area (Å²) in [6.45, 7) is 1.09. The molecule has 2 heterocycles. The van der Waals surface area contributed by atoms with Crippen molar-refractivity contribution in [3.63, 3.8) is 0 Å². The van der Waals surface area contributed by atoms with Crippen LogP contribution in [0.4, 0.5) is 5.88 Å². The van der Waals surface area contributed by atoms with Gasteiger partial charge in [-0.15, -0.1) is 0 Å². The minimum Gasteiger partial charge on any atom is -0.449 e. The predicted molar refractivity (Wildman–Crippen MR) is 43.1 cm³/mol. The topological polar surface area (TPSA) is 51.2 Å². The van der Waals surface area contributed by atoms with Gasteiger partial charge in [0.25, 0.3) is 0 Å². The normalized spacial score (nSPS) is 24.2. The van der Waals surface area contributed by atoms with Crippen LogP contribution in [0.15, 0.2) is 16.7 Å². The zero-order valence-corrected chi connectivity index (χ0v) is 6.34. The molecule has 0 bridgehead atoms. The average Bonchev–Trinajstić information content (AvgIpc) is 2.55. The maximum absolute atomic E-state index is 5.61. The Morgan fingerprint density at radius 2 is 2.55 bits per heavy atom. The summed E-state index contributed by atoms with van der Waals surface area (Å²) < 4.78 is 5.01. The van der Waals surface area contributed by atoms with Crippen LogP contribution < -0.4 is 11.1 Å². The number of anilines is 1. The van der Waals surface area contributed by atoms with E-state index in [1.165, 1.54) is 12.8 Å². The van der Waals surface area contributed by atoms with Gasteiger partial charge in [0.15, 0.2) is 5.88 Å². The van der Waals surface area contributed by atoms with Crippen LogP contribution in [0, 0.1) is 0 Å². The van der Waals surface area contributed by atoms with Crippen molar-refractivity contribution in [1.82, 2.24) is 5.32 Å². The summed E-state index contributed by atoms with van der Waals surface area (Å²) in [6.07, 6.45) is 4.05. The highest BCUT2D eigenvalue weighted by molar-refractivity contribution is 5.38. The molecule has 1 aliphatic rings. The van der Waals surface area contributed by atoms with Crippen LogP contribution in [0.3, 0.4) is 0 Å². The van der Waals surface area contributed by atoms with E-state index in [2.05, 4.69) is 5.32 Å². The molecule has 1 fully saturated rings. The van der Waals surface area contributed by atoms with Gasteiger partial charge in [0, 0.05) is 11.6 Å². The number of nitrogen functional groups attached to an aromatic ring is 1. The summed E-state index contributed by atoms with van der Waals surface area (Å²) in [5.41, 5.74) is 6.73. The lowest BCUT2D eigenvalue weighted by molar-refractivity contribution is 0.574. The minimum absolute atomic E-state index is 0.425. The van der Waals surface area contributed by atoms with Crippen molar-refractivity contribution < 1.29 is 4.42 Å². The molecule has 1 saturated heterocycles. The second kappa shape index (κ2) is 2.58. The van der Waals surface area contributed by atoms with E-state index in [9.17, 15) is 0 Å². The van der Waals surface area contributed by atoms with E-state index in [-0.39, 0.29) is 0 Å². The third kappa shape index (κ3) is 1.12. The molecule has 1 unspecified atom stereocenters. The molecular weight excluding hydrogens is 140 g/mol. The monoisotopic (exact) mass is 152 g/mol. The maximum atomic E-state index is 5.61. The second-order valence-electron chi connectivity index (χ2n) is 2.89. The van der Waals surface area contributed by atoms with E-state index in [1.807, 2.05) is 6.07 Å². The fraction of sp³-hybridized carbons (Fsp3) is 0.500. The van der Waals surface area contributed by atoms with Crippen LogP contribution in [0.2, 0.25) is 0 Å². The first-order chi connectivity index (χ1) is 5.38.